The molecule has 0 spiro atoms. The van der Waals surface area contributed by atoms with Crippen LogP contribution in [0.2, 0.25) is 0 Å². The predicted octanol–water partition coefficient (Wildman–Crippen LogP) is 2.70. The summed E-state index contributed by atoms with van der Waals surface area (Å²) in [6.45, 7) is 6.93. The van der Waals surface area contributed by atoms with Gasteiger partial charge in [0.2, 0.25) is 0 Å². The fourth-order valence-corrected chi connectivity index (χ4v) is 2.11. The third kappa shape index (κ3) is 3.48. The van der Waals surface area contributed by atoms with E-state index in [1.165, 1.54) is 16.7 Å². The number of aryl methyl sites for hydroxylation is 2. The fourth-order valence-electron chi connectivity index (χ4n) is 2.11. The van der Waals surface area contributed by atoms with E-state index in [1.54, 1.807) is 7.11 Å². The molecule has 0 radical (unpaired) electrons. The molecule has 0 saturated heterocycles. The summed E-state index contributed by atoms with van der Waals surface area (Å²) >= 11 is 0. The molecule has 0 saturated carbocycles. The molecule has 1 unspecified atom stereocenters. The minimum atomic E-state index is -0.0538. The van der Waals surface area contributed by atoms with Gasteiger partial charge in [0.25, 0.3) is 0 Å². The molecule has 0 bridgehead atoms. The lowest BCUT2D eigenvalue weighted by atomic mass is 10.0. The zero-order valence-electron chi connectivity index (χ0n) is 11.9. The van der Waals surface area contributed by atoms with Crippen molar-refractivity contribution in [3.63, 3.8) is 0 Å². The number of hydrogen-bond donors (Lipinski definition) is 0. The van der Waals surface area contributed by atoms with Gasteiger partial charge in [0.05, 0.1) is 19.2 Å². The van der Waals surface area contributed by atoms with Gasteiger partial charge in [-0.05, 0) is 45.4 Å². The van der Waals surface area contributed by atoms with Crippen LogP contribution >= 0.6 is 0 Å². The Morgan fingerprint density at radius 3 is 2.61 bits per heavy atom. The van der Waals surface area contributed by atoms with Gasteiger partial charge in [-0.1, -0.05) is 17.7 Å². The van der Waals surface area contributed by atoms with E-state index < -0.39 is 0 Å². The summed E-state index contributed by atoms with van der Waals surface area (Å²) in [7, 11) is 3.69. The van der Waals surface area contributed by atoms with Gasteiger partial charge >= 0.3 is 0 Å². The van der Waals surface area contributed by atoms with E-state index in [9.17, 15) is 0 Å². The topological polar surface area (TPSA) is 36.3 Å². The summed E-state index contributed by atoms with van der Waals surface area (Å²) in [4.78, 5) is 2.05. The second-order valence-corrected chi connectivity index (χ2v) is 4.81. The average molecular weight is 246 g/mol. The van der Waals surface area contributed by atoms with E-state index in [4.69, 9.17) is 10.00 Å². The summed E-state index contributed by atoms with van der Waals surface area (Å²) in [6, 6.07) is 6.49. The van der Waals surface area contributed by atoms with E-state index in [0.29, 0.717) is 0 Å². The lowest BCUT2D eigenvalue weighted by molar-refractivity contribution is 0.304. The van der Waals surface area contributed by atoms with Crippen LogP contribution < -0.4 is 4.74 Å². The van der Waals surface area contributed by atoms with Gasteiger partial charge in [-0.25, -0.2) is 0 Å². The van der Waals surface area contributed by atoms with Crippen LogP contribution in [0.3, 0.4) is 0 Å². The Labute approximate surface area is 110 Å². The molecule has 0 aliphatic heterocycles. The SMILES string of the molecule is COc1c(C)cc(C)cc1CCN(C)C(C)C#N. The normalized spacial score (nSPS) is 12.3. The van der Waals surface area contributed by atoms with E-state index in [1.807, 2.05) is 14.0 Å². The number of rotatable bonds is 5. The lowest BCUT2D eigenvalue weighted by Crippen LogP contribution is -2.29. The number of nitriles is 1. The molecule has 0 fully saturated rings. The summed E-state index contributed by atoms with van der Waals surface area (Å²) < 4.78 is 5.47. The van der Waals surface area contributed by atoms with Crippen molar-refractivity contribution in [2.75, 3.05) is 20.7 Å². The molecule has 3 heteroatoms. The number of methoxy groups -OCH3 is 1. The Morgan fingerprint density at radius 1 is 1.39 bits per heavy atom. The van der Waals surface area contributed by atoms with Crippen molar-refractivity contribution in [1.29, 1.82) is 5.26 Å². The number of ether oxygens (including phenoxy) is 1. The number of hydrogen-bond acceptors (Lipinski definition) is 3. The first-order valence-electron chi connectivity index (χ1n) is 6.23. The standard InChI is InChI=1S/C15H22N2O/c1-11-8-12(2)15(18-5)14(9-11)6-7-17(4)13(3)10-16/h8-9,13H,6-7H2,1-5H3. The zero-order valence-corrected chi connectivity index (χ0v) is 11.9. The van der Waals surface area contributed by atoms with E-state index >= 15 is 0 Å². The molecule has 0 aliphatic rings. The van der Waals surface area contributed by atoms with Crippen LogP contribution in [0.25, 0.3) is 0 Å². The maximum Gasteiger partial charge on any atom is 0.125 e. The van der Waals surface area contributed by atoms with Crippen LogP contribution in [0.15, 0.2) is 12.1 Å². The maximum absolute atomic E-state index is 8.88. The molecule has 1 aromatic rings. The Kier molecular flexibility index (Phi) is 5.18. The monoisotopic (exact) mass is 246 g/mol. The second-order valence-electron chi connectivity index (χ2n) is 4.81. The van der Waals surface area contributed by atoms with E-state index in [0.717, 1.165) is 18.7 Å². The first kappa shape index (κ1) is 14.5. The summed E-state index contributed by atoms with van der Waals surface area (Å²) in [5.74, 6) is 0.971. The number of benzene rings is 1. The highest BCUT2D eigenvalue weighted by atomic mass is 16.5. The van der Waals surface area contributed by atoms with Gasteiger partial charge in [-0.3, -0.25) is 4.90 Å². The molecular weight excluding hydrogens is 224 g/mol. The quantitative estimate of drug-likeness (QED) is 0.801. The molecular formula is C15H22N2O. The van der Waals surface area contributed by atoms with Gasteiger partial charge in [0.1, 0.15) is 5.75 Å². The van der Waals surface area contributed by atoms with Crippen LogP contribution in [0.5, 0.6) is 5.75 Å². The maximum atomic E-state index is 8.88. The molecule has 0 heterocycles. The molecule has 98 valence electrons. The van der Waals surface area contributed by atoms with E-state index in [-0.39, 0.29) is 6.04 Å². The van der Waals surface area contributed by atoms with Crippen LogP contribution in [-0.2, 0) is 6.42 Å². The van der Waals surface area contributed by atoms with Crippen molar-refractivity contribution in [1.82, 2.24) is 4.90 Å². The van der Waals surface area contributed by atoms with Gasteiger partial charge in [0, 0.05) is 6.54 Å². The largest absolute Gasteiger partial charge is 0.496 e. The molecule has 1 rings (SSSR count). The van der Waals surface area contributed by atoms with Gasteiger partial charge < -0.3 is 4.74 Å². The highest BCUT2D eigenvalue weighted by Gasteiger charge is 2.11. The summed E-state index contributed by atoms with van der Waals surface area (Å²) in [5.41, 5.74) is 3.63. The first-order valence-corrected chi connectivity index (χ1v) is 6.23. The van der Waals surface area contributed by atoms with Crippen molar-refractivity contribution in [3.05, 3.63) is 28.8 Å². The highest BCUT2D eigenvalue weighted by Crippen LogP contribution is 2.25. The predicted molar refractivity (Wildman–Crippen MR) is 73.9 cm³/mol. The van der Waals surface area contributed by atoms with Crippen molar-refractivity contribution in [2.24, 2.45) is 0 Å². The average Bonchev–Trinajstić information content (AvgIpc) is 2.34. The van der Waals surface area contributed by atoms with Crippen LogP contribution in [-0.4, -0.2) is 31.6 Å². The molecule has 0 N–H and O–H groups in total. The lowest BCUT2D eigenvalue weighted by Gasteiger charge is -2.20. The minimum Gasteiger partial charge on any atom is -0.496 e. The van der Waals surface area contributed by atoms with Crippen molar-refractivity contribution in [2.45, 2.75) is 33.2 Å². The van der Waals surface area contributed by atoms with Gasteiger partial charge in [-0.15, -0.1) is 0 Å². The third-order valence-corrected chi connectivity index (χ3v) is 3.28. The number of likely N-dealkylation sites (N-methyl/N-ethyl adjacent to an activating group) is 1. The van der Waals surface area contributed by atoms with Crippen LogP contribution in [0.1, 0.15) is 23.6 Å². The first-order chi connectivity index (χ1) is 8.49. The molecule has 1 atom stereocenters. The zero-order chi connectivity index (χ0) is 13.7. The fraction of sp³-hybridized carbons (Fsp3) is 0.533. The Bertz CT molecular complexity index is 449. The molecule has 0 aromatic heterocycles. The van der Waals surface area contributed by atoms with E-state index in [2.05, 4.69) is 36.9 Å². The summed E-state index contributed by atoms with van der Waals surface area (Å²) in [5, 5.41) is 8.88. The van der Waals surface area contributed by atoms with Crippen LogP contribution in [0, 0.1) is 25.2 Å². The van der Waals surface area contributed by atoms with Crippen molar-refractivity contribution in [3.8, 4) is 11.8 Å². The second kappa shape index (κ2) is 6.42. The van der Waals surface area contributed by atoms with Gasteiger partial charge in [-0.2, -0.15) is 5.26 Å². The molecule has 0 amide bonds. The summed E-state index contributed by atoms with van der Waals surface area (Å²) in [6.07, 6.45) is 0.897. The molecule has 0 aliphatic carbocycles. The number of nitrogens with zero attached hydrogens (tertiary/aromatic N) is 2. The Hall–Kier alpha value is -1.53. The smallest absolute Gasteiger partial charge is 0.125 e. The minimum absolute atomic E-state index is 0.0538. The molecule has 18 heavy (non-hydrogen) atoms. The highest BCUT2D eigenvalue weighted by molar-refractivity contribution is 5.43. The Balaban J connectivity index is 2.82. The Morgan fingerprint density at radius 2 is 2.06 bits per heavy atom. The third-order valence-electron chi connectivity index (χ3n) is 3.28. The molecule has 3 nitrogen and oxygen atoms in total. The van der Waals surface area contributed by atoms with Crippen LogP contribution in [0.4, 0.5) is 0 Å². The van der Waals surface area contributed by atoms with Gasteiger partial charge in [0.15, 0.2) is 0 Å². The van der Waals surface area contributed by atoms with Crippen molar-refractivity contribution < 1.29 is 4.74 Å². The molecule has 1 aromatic carbocycles. The van der Waals surface area contributed by atoms with Crippen molar-refractivity contribution >= 4 is 0 Å².